The lowest BCUT2D eigenvalue weighted by atomic mass is 10.1. The number of rotatable bonds is 9. The minimum atomic E-state index is -4.27. The van der Waals surface area contributed by atoms with Crippen molar-refractivity contribution < 1.29 is 27.7 Å². The lowest BCUT2D eigenvalue weighted by molar-refractivity contribution is -0.384. The number of ether oxygens (including phenoxy) is 1. The number of hydrogen-bond acceptors (Lipinski definition) is 10. The summed E-state index contributed by atoms with van der Waals surface area (Å²) in [6, 6.07) is 4.84. The van der Waals surface area contributed by atoms with E-state index >= 15 is 0 Å². The van der Waals surface area contributed by atoms with Gasteiger partial charge in [0, 0.05) is 25.9 Å². The molecule has 1 aromatic carbocycles. The molecule has 0 amide bonds. The molecule has 0 unspecified atom stereocenters. The van der Waals surface area contributed by atoms with Crippen molar-refractivity contribution in [3.63, 3.8) is 0 Å². The smallest absolute Gasteiger partial charge is 0.321 e. The minimum Gasteiger partial charge on any atom is -0.456 e. The van der Waals surface area contributed by atoms with Gasteiger partial charge in [-0.15, -0.1) is 0 Å². The molecule has 156 valence electrons. The molecular weight excluding hydrogens is 406 g/mol. The molecule has 0 radical (unpaired) electrons. The summed E-state index contributed by atoms with van der Waals surface area (Å²) < 4.78 is 31.1. The van der Waals surface area contributed by atoms with Crippen LogP contribution in [0.4, 0.5) is 11.4 Å². The highest BCUT2D eigenvalue weighted by atomic mass is 32.2. The van der Waals surface area contributed by atoms with E-state index in [4.69, 9.17) is 11.0 Å². The summed E-state index contributed by atoms with van der Waals surface area (Å²) in [6.07, 6.45) is 0. The molecule has 29 heavy (non-hydrogen) atoms. The Morgan fingerprint density at radius 2 is 2.00 bits per heavy atom. The first kappa shape index (κ1) is 23.5. The number of hydrogen-bond donors (Lipinski definition) is 2. The Morgan fingerprint density at radius 1 is 1.38 bits per heavy atom. The number of benzene rings is 1. The number of carbonyl (C=O) groups is 2. The third kappa shape index (κ3) is 6.26. The van der Waals surface area contributed by atoms with E-state index in [2.05, 4.69) is 4.74 Å². The van der Waals surface area contributed by atoms with Crippen molar-refractivity contribution in [3.8, 4) is 6.07 Å². The van der Waals surface area contributed by atoms with Crippen molar-refractivity contribution in [2.24, 2.45) is 5.73 Å². The van der Waals surface area contributed by atoms with Crippen LogP contribution in [0.15, 0.2) is 34.4 Å². The number of nitro groups is 1. The number of nitrogens with two attached hydrogens (primary N) is 1. The number of carbonyl (C=O) groups excluding carboxylic acids is 2. The van der Waals surface area contributed by atoms with Crippen LogP contribution in [0.2, 0.25) is 0 Å². The second kappa shape index (κ2) is 9.62. The summed E-state index contributed by atoms with van der Waals surface area (Å²) in [7, 11) is -1.15. The van der Waals surface area contributed by atoms with Crippen molar-refractivity contribution in [2.45, 2.75) is 11.8 Å². The van der Waals surface area contributed by atoms with E-state index in [1.54, 1.807) is 20.2 Å². The van der Waals surface area contributed by atoms with Crippen molar-refractivity contribution in [1.29, 1.82) is 5.26 Å². The summed E-state index contributed by atoms with van der Waals surface area (Å²) in [5.41, 5.74) is 4.70. The van der Waals surface area contributed by atoms with Gasteiger partial charge in [-0.25, -0.2) is 8.42 Å². The molecule has 1 aromatic rings. The molecule has 0 spiro atoms. The highest BCUT2D eigenvalue weighted by molar-refractivity contribution is 7.89. The zero-order chi connectivity index (χ0) is 22.4. The van der Waals surface area contributed by atoms with Gasteiger partial charge in [-0.2, -0.15) is 9.98 Å². The van der Waals surface area contributed by atoms with Gasteiger partial charge in [-0.05, 0) is 19.1 Å². The predicted molar refractivity (Wildman–Crippen MR) is 101 cm³/mol. The lowest BCUT2D eigenvalue weighted by Crippen LogP contribution is -2.32. The van der Waals surface area contributed by atoms with Crippen LogP contribution in [0.5, 0.6) is 0 Å². The summed E-state index contributed by atoms with van der Waals surface area (Å²) in [6.45, 7) is -0.291. The van der Waals surface area contributed by atoms with Crippen LogP contribution in [0.3, 0.4) is 0 Å². The molecule has 0 aliphatic heterocycles. The van der Waals surface area contributed by atoms with Gasteiger partial charge in [-0.3, -0.25) is 19.7 Å². The quantitative estimate of drug-likeness (QED) is 0.176. The van der Waals surface area contributed by atoms with Gasteiger partial charge in [0.15, 0.2) is 6.61 Å². The second-order valence-corrected chi connectivity index (χ2v) is 7.65. The molecule has 0 aliphatic rings. The summed E-state index contributed by atoms with van der Waals surface area (Å²) in [5.74, 6) is -1.92. The standard InChI is InChI=1S/C16H19N5O7S/c1-10(18)12(7-17)15(22)9-28-16(23)8-19-29(26,27)11-4-5-13(20(2)3)14(6-11)21(24)25/h4-6,19H,8-9,18H2,1-3H3/b12-10-. The van der Waals surface area contributed by atoms with Gasteiger partial charge >= 0.3 is 5.97 Å². The number of nitrogens with zero attached hydrogens (tertiary/aromatic N) is 3. The molecule has 1 rings (SSSR count). The van der Waals surface area contributed by atoms with Crippen molar-refractivity contribution in [1.82, 2.24) is 4.72 Å². The zero-order valence-corrected chi connectivity index (χ0v) is 16.6. The number of sulfonamides is 1. The fraction of sp³-hybridized carbons (Fsp3) is 0.312. The highest BCUT2D eigenvalue weighted by Gasteiger charge is 2.23. The van der Waals surface area contributed by atoms with Crippen LogP contribution in [-0.2, 0) is 24.3 Å². The van der Waals surface area contributed by atoms with E-state index in [-0.39, 0.29) is 17.0 Å². The monoisotopic (exact) mass is 425 g/mol. The predicted octanol–water partition coefficient (Wildman–Crippen LogP) is -0.192. The fourth-order valence-corrected chi connectivity index (χ4v) is 3.06. The molecule has 3 N–H and O–H groups in total. The average Bonchev–Trinajstić information content (AvgIpc) is 2.64. The molecule has 0 saturated heterocycles. The number of nitrogens with one attached hydrogen (secondary N) is 1. The van der Waals surface area contributed by atoms with Gasteiger partial charge in [0.25, 0.3) is 5.69 Å². The maximum atomic E-state index is 12.3. The molecule has 0 saturated carbocycles. The molecular formula is C16H19N5O7S. The fourth-order valence-electron chi connectivity index (χ4n) is 2.07. The molecule has 12 nitrogen and oxygen atoms in total. The molecule has 0 fully saturated rings. The van der Waals surface area contributed by atoms with E-state index < -0.39 is 50.4 Å². The number of anilines is 1. The third-order valence-corrected chi connectivity index (χ3v) is 4.89. The van der Waals surface area contributed by atoms with Crippen molar-refractivity contribution in [2.75, 3.05) is 32.1 Å². The van der Waals surface area contributed by atoms with Crippen LogP contribution >= 0.6 is 0 Å². The number of esters is 1. The van der Waals surface area contributed by atoms with Crippen LogP contribution in [0.1, 0.15) is 6.92 Å². The summed E-state index contributed by atoms with van der Waals surface area (Å²) in [4.78, 5) is 34.8. The number of allylic oxidation sites excluding steroid dienone is 1. The Hall–Kier alpha value is -3.50. The maximum absolute atomic E-state index is 12.3. The Labute approximate surface area is 166 Å². The molecule has 0 bridgehead atoms. The van der Waals surface area contributed by atoms with Crippen molar-refractivity contribution in [3.05, 3.63) is 39.6 Å². The molecule has 0 heterocycles. The zero-order valence-electron chi connectivity index (χ0n) is 15.8. The minimum absolute atomic E-state index is 0.0444. The van der Waals surface area contributed by atoms with Gasteiger partial charge in [0.2, 0.25) is 15.8 Å². The van der Waals surface area contributed by atoms with Crippen molar-refractivity contribution >= 4 is 33.2 Å². The van der Waals surface area contributed by atoms with Crippen LogP contribution in [-0.4, -0.2) is 52.3 Å². The first-order valence-corrected chi connectivity index (χ1v) is 9.39. The van der Waals surface area contributed by atoms with Gasteiger partial charge in [-0.1, -0.05) is 0 Å². The summed E-state index contributed by atoms with van der Waals surface area (Å²) >= 11 is 0. The number of nitro benzene ring substituents is 1. The van der Waals surface area contributed by atoms with Gasteiger partial charge < -0.3 is 15.4 Å². The van der Waals surface area contributed by atoms with E-state index in [1.807, 2.05) is 4.72 Å². The SMILES string of the molecule is C/C(N)=C(\C#N)C(=O)COC(=O)CNS(=O)(=O)c1ccc(N(C)C)c([N+](=O)[O-])c1. The molecule has 0 atom stereocenters. The Bertz CT molecular complexity index is 1000. The topological polar surface area (TPSA) is 186 Å². The molecule has 13 heteroatoms. The van der Waals surface area contributed by atoms with Gasteiger partial charge in [0.1, 0.15) is 23.9 Å². The summed E-state index contributed by atoms with van der Waals surface area (Å²) in [5, 5.41) is 20.0. The van der Waals surface area contributed by atoms with E-state index in [9.17, 15) is 28.1 Å². The Morgan fingerprint density at radius 3 is 2.48 bits per heavy atom. The first-order valence-electron chi connectivity index (χ1n) is 7.91. The van der Waals surface area contributed by atoms with E-state index in [0.717, 1.165) is 12.1 Å². The maximum Gasteiger partial charge on any atom is 0.321 e. The average molecular weight is 425 g/mol. The van der Waals surface area contributed by atoms with Crippen LogP contribution in [0.25, 0.3) is 0 Å². The lowest BCUT2D eigenvalue weighted by Gasteiger charge is -2.13. The van der Waals surface area contributed by atoms with Gasteiger partial charge in [0.05, 0.1) is 9.82 Å². The number of Topliss-reactive ketones (excluding diaryl/α,β-unsaturated/α-hetero) is 1. The van der Waals surface area contributed by atoms with Crippen LogP contribution < -0.4 is 15.4 Å². The Kier molecular flexibility index (Phi) is 7.81. The first-order chi connectivity index (χ1) is 13.4. The number of ketones is 1. The molecule has 0 aliphatic carbocycles. The second-order valence-electron chi connectivity index (χ2n) is 5.88. The normalized spacial score (nSPS) is 11.8. The third-order valence-electron chi connectivity index (χ3n) is 3.49. The highest BCUT2D eigenvalue weighted by Crippen LogP contribution is 2.29. The Balaban J connectivity index is 2.84. The molecule has 0 aromatic heterocycles. The van der Waals surface area contributed by atoms with E-state index in [1.165, 1.54) is 17.9 Å². The number of nitriles is 1. The van der Waals surface area contributed by atoms with E-state index in [0.29, 0.717) is 0 Å². The largest absolute Gasteiger partial charge is 0.456 e. The van der Waals surface area contributed by atoms with Crippen LogP contribution in [0, 0.1) is 21.4 Å².